The third-order valence-electron chi connectivity index (χ3n) is 3.43. The van der Waals surface area contributed by atoms with E-state index in [4.69, 9.17) is 4.42 Å². The van der Waals surface area contributed by atoms with Crippen molar-refractivity contribution in [2.45, 2.75) is 12.4 Å². The molecule has 0 radical (unpaired) electrons. The predicted molar refractivity (Wildman–Crippen MR) is 81.8 cm³/mol. The molecule has 2 aromatic rings. The van der Waals surface area contributed by atoms with Gasteiger partial charge in [0.1, 0.15) is 5.58 Å². The largest absolute Gasteiger partial charge is 0.475 e. The quantitative estimate of drug-likeness (QED) is 0.389. The van der Waals surface area contributed by atoms with E-state index in [9.17, 15) is 19.6 Å². The number of hydroxylamine groups is 2. The number of fused-ring (bicyclic) bond motifs is 1. The van der Waals surface area contributed by atoms with Crippen molar-refractivity contribution >= 4 is 29.9 Å². The van der Waals surface area contributed by atoms with Crippen LogP contribution in [-0.2, 0) is 20.8 Å². The molecule has 1 unspecified atom stereocenters. The van der Waals surface area contributed by atoms with Crippen LogP contribution in [-0.4, -0.2) is 54.1 Å². The molecule has 0 spiro atoms. The number of nitrogens with one attached hydrogen (secondary N) is 1. The summed E-state index contributed by atoms with van der Waals surface area (Å²) in [6.45, 7) is 0. The molecule has 1 aromatic heterocycles. The van der Waals surface area contributed by atoms with E-state index in [1.807, 2.05) is 18.2 Å². The van der Waals surface area contributed by atoms with Crippen molar-refractivity contribution in [2.24, 2.45) is 0 Å². The molecule has 122 valence electrons. The third-order valence-corrected chi connectivity index (χ3v) is 3.43. The lowest BCUT2D eigenvalue weighted by Crippen LogP contribution is -2.52. The normalized spacial score (nSPS) is 12.0. The Labute approximate surface area is 132 Å². The van der Waals surface area contributed by atoms with Crippen LogP contribution in [0, 0.1) is 0 Å². The first kappa shape index (κ1) is 17.0. The molecule has 3 N–H and O–H groups in total. The summed E-state index contributed by atoms with van der Waals surface area (Å²) in [5.41, 5.74) is 1.33. The van der Waals surface area contributed by atoms with Gasteiger partial charge >= 0.3 is 18.9 Å². The Morgan fingerprint density at radius 2 is 2.09 bits per heavy atom. The first-order chi connectivity index (χ1) is 10.9. The molecule has 2 rings (SSSR count). The van der Waals surface area contributed by atoms with Crippen molar-refractivity contribution in [2.75, 3.05) is 14.2 Å². The summed E-state index contributed by atoms with van der Waals surface area (Å²) in [5.74, 6) is -3.02. The SMILES string of the molecule is CON(C)C(=O)C(=O)NC(Cc1coc2ccccc12)B(O)O. The van der Waals surface area contributed by atoms with Gasteiger partial charge in [-0.05, 0) is 18.1 Å². The summed E-state index contributed by atoms with van der Waals surface area (Å²) in [5, 5.41) is 22.7. The van der Waals surface area contributed by atoms with E-state index in [0.29, 0.717) is 11.1 Å². The molecule has 0 saturated carbocycles. The number of amides is 2. The smallest absolute Gasteiger partial charge is 0.464 e. The standard InChI is InChI=1S/C14H17BN2O6/c1-17(22-2)14(19)13(18)16-12(15(20)21)7-9-8-23-11-6-4-3-5-10(9)11/h3-6,8,12,20-21H,7H2,1-2H3,(H,16,18). The van der Waals surface area contributed by atoms with E-state index in [2.05, 4.69) is 10.2 Å². The highest BCUT2D eigenvalue weighted by molar-refractivity contribution is 6.45. The Balaban J connectivity index is 2.13. The van der Waals surface area contributed by atoms with Crippen molar-refractivity contribution in [1.29, 1.82) is 0 Å². The Morgan fingerprint density at radius 3 is 2.74 bits per heavy atom. The Morgan fingerprint density at radius 1 is 1.39 bits per heavy atom. The minimum absolute atomic E-state index is 0.0877. The van der Waals surface area contributed by atoms with Gasteiger partial charge in [-0.25, -0.2) is 5.06 Å². The van der Waals surface area contributed by atoms with Gasteiger partial charge in [-0.2, -0.15) is 0 Å². The third kappa shape index (κ3) is 3.89. The van der Waals surface area contributed by atoms with E-state index in [0.717, 1.165) is 10.4 Å². The van der Waals surface area contributed by atoms with E-state index in [1.165, 1.54) is 20.4 Å². The summed E-state index contributed by atoms with van der Waals surface area (Å²) in [4.78, 5) is 28.1. The van der Waals surface area contributed by atoms with Gasteiger partial charge in [0.25, 0.3) is 0 Å². The summed E-state index contributed by atoms with van der Waals surface area (Å²) in [6.07, 6.45) is 1.57. The zero-order valence-corrected chi connectivity index (χ0v) is 12.7. The predicted octanol–water partition coefficient (Wildman–Crippen LogP) is -0.508. The Kier molecular flexibility index (Phi) is 5.38. The Hall–Kier alpha value is -2.36. The fourth-order valence-corrected chi connectivity index (χ4v) is 2.11. The molecule has 0 aliphatic carbocycles. The molecule has 0 saturated heterocycles. The van der Waals surface area contributed by atoms with Crippen molar-refractivity contribution in [3.8, 4) is 0 Å². The van der Waals surface area contributed by atoms with Crippen LogP contribution in [0.5, 0.6) is 0 Å². The van der Waals surface area contributed by atoms with Gasteiger partial charge in [-0.1, -0.05) is 18.2 Å². The molecule has 1 heterocycles. The summed E-state index contributed by atoms with van der Waals surface area (Å²) < 4.78 is 5.37. The van der Waals surface area contributed by atoms with Crippen LogP contribution in [0.4, 0.5) is 0 Å². The first-order valence-corrected chi connectivity index (χ1v) is 6.88. The van der Waals surface area contributed by atoms with Gasteiger partial charge in [-0.15, -0.1) is 0 Å². The Bertz CT molecular complexity index is 701. The first-order valence-electron chi connectivity index (χ1n) is 6.88. The van der Waals surface area contributed by atoms with E-state index in [-0.39, 0.29) is 6.42 Å². The van der Waals surface area contributed by atoms with Crippen molar-refractivity contribution < 1.29 is 28.9 Å². The topological polar surface area (TPSA) is 112 Å². The van der Waals surface area contributed by atoms with Crippen LogP contribution >= 0.6 is 0 Å². The number of nitrogens with zero attached hydrogens (tertiary/aromatic N) is 1. The minimum atomic E-state index is -1.84. The lowest BCUT2D eigenvalue weighted by Gasteiger charge is -2.19. The average molecular weight is 320 g/mol. The highest BCUT2D eigenvalue weighted by Crippen LogP contribution is 2.22. The molecule has 1 atom stereocenters. The second-order valence-corrected chi connectivity index (χ2v) is 4.94. The van der Waals surface area contributed by atoms with Crippen molar-refractivity contribution in [3.63, 3.8) is 0 Å². The van der Waals surface area contributed by atoms with Gasteiger partial charge in [-0.3, -0.25) is 14.4 Å². The average Bonchev–Trinajstić information content (AvgIpc) is 2.95. The number of carbonyl (C=O) groups is 2. The van der Waals surface area contributed by atoms with Gasteiger partial charge in [0.05, 0.1) is 19.3 Å². The van der Waals surface area contributed by atoms with Crippen LogP contribution < -0.4 is 5.32 Å². The fourth-order valence-electron chi connectivity index (χ4n) is 2.11. The van der Waals surface area contributed by atoms with Gasteiger partial charge in [0.2, 0.25) is 0 Å². The molecule has 0 aliphatic heterocycles. The molecular weight excluding hydrogens is 303 g/mol. The highest BCUT2D eigenvalue weighted by atomic mass is 16.7. The molecule has 8 nitrogen and oxygen atoms in total. The summed E-state index contributed by atoms with van der Waals surface area (Å²) >= 11 is 0. The second kappa shape index (κ2) is 7.27. The van der Waals surface area contributed by atoms with Crippen LogP contribution in [0.25, 0.3) is 11.0 Å². The second-order valence-electron chi connectivity index (χ2n) is 4.94. The molecule has 9 heteroatoms. The number of para-hydroxylation sites is 1. The van der Waals surface area contributed by atoms with E-state index < -0.39 is 24.9 Å². The number of benzene rings is 1. The number of carbonyl (C=O) groups excluding carboxylic acids is 2. The van der Waals surface area contributed by atoms with E-state index in [1.54, 1.807) is 6.07 Å². The minimum Gasteiger partial charge on any atom is -0.464 e. The van der Waals surface area contributed by atoms with E-state index >= 15 is 0 Å². The lowest BCUT2D eigenvalue weighted by molar-refractivity contribution is -0.173. The van der Waals surface area contributed by atoms with Gasteiger partial charge < -0.3 is 19.8 Å². The number of hydrogen-bond acceptors (Lipinski definition) is 6. The number of likely N-dealkylation sites (N-methyl/N-ethyl adjacent to an activating group) is 1. The number of furan rings is 1. The van der Waals surface area contributed by atoms with Crippen molar-refractivity contribution in [3.05, 3.63) is 36.1 Å². The summed E-state index contributed by atoms with van der Waals surface area (Å²) in [7, 11) is 0.671. The maximum Gasteiger partial charge on any atom is 0.475 e. The monoisotopic (exact) mass is 320 g/mol. The highest BCUT2D eigenvalue weighted by Gasteiger charge is 2.30. The molecule has 1 aromatic carbocycles. The molecular formula is C14H17BN2O6. The summed E-state index contributed by atoms with van der Waals surface area (Å²) in [6, 6.07) is 7.23. The molecule has 0 bridgehead atoms. The number of hydrogen-bond donors (Lipinski definition) is 3. The van der Waals surface area contributed by atoms with Crippen LogP contribution in [0.2, 0.25) is 0 Å². The lowest BCUT2D eigenvalue weighted by atomic mass is 9.76. The van der Waals surface area contributed by atoms with Crippen molar-refractivity contribution in [1.82, 2.24) is 10.4 Å². The molecule has 2 amide bonds. The van der Waals surface area contributed by atoms with Crippen LogP contribution in [0.15, 0.2) is 34.9 Å². The van der Waals surface area contributed by atoms with Crippen LogP contribution in [0.3, 0.4) is 0 Å². The van der Waals surface area contributed by atoms with Crippen LogP contribution in [0.1, 0.15) is 5.56 Å². The maximum atomic E-state index is 11.8. The zero-order valence-electron chi connectivity index (χ0n) is 12.7. The maximum absolute atomic E-state index is 11.8. The molecule has 0 fully saturated rings. The molecule has 23 heavy (non-hydrogen) atoms. The molecule has 0 aliphatic rings. The van der Waals surface area contributed by atoms with Gasteiger partial charge in [0.15, 0.2) is 0 Å². The van der Waals surface area contributed by atoms with Gasteiger partial charge in [0, 0.05) is 12.4 Å². The zero-order chi connectivity index (χ0) is 17.0. The number of rotatable bonds is 5. The fraction of sp³-hybridized carbons (Fsp3) is 0.286.